The van der Waals surface area contributed by atoms with Crippen molar-refractivity contribution in [2.45, 2.75) is 32.6 Å². The summed E-state index contributed by atoms with van der Waals surface area (Å²) >= 11 is 1.51. The van der Waals surface area contributed by atoms with Gasteiger partial charge in [-0.15, -0.1) is 11.3 Å². The number of nitrogens with one attached hydrogen (secondary N) is 2. The fourth-order valence-corrected chi connectivity index (χ4v) is 6.92. The first-order chi connectivity index (χ1) is 21.2. The predicted molar refractivity (Wildman–Crippen MR) is 172 cm³/mol. The number of carbonyl (C=O) groups excluding carboxylic acids is 2. The van der Waals surface area contributed by atoms with E-state index < -0.39 is 5.82 Å². The van der Waals surface area contributed by atoms with Crippen LogP contribution in [0, 0.1) is 12.7 Å². The van der Waals surface area contributed by atoms with Gasteiger partial charge in [-0.1, -0.05) is 0 Å². The van der Waals surface area contributed by atoms with E-state index in [-0.39, 0.29) is 23.1 Å². The molecule has 0 saturated carbocycles. The Balaban J connectivity index is 1.23. The molecule has 1 aromatic carbocycles. The van der Waals surface area contributed by atoms with Crippen LogP contribution in [0.3, 0.4) is 0 Å². The number of aryl methyl sites for hydroxylation is 3. The number of carbonyl (C=O) groups is 2. The molecule has 0 unspecified atom stereocenters. The van der Waals surface area contributed by atoms with E-state index in [1.807, 2.05) is 24.9 Å². The molecule has 0 spiro atoms. The van der Waals surface area contributed by atoms with E-state index in [0.717, 1.165) is 38.8 Å². The number of benzene rings is 1. The average Bonchev–Trinajstić information content (AvgIpc) is 3.46. The van der Waals surface area contributed by atoms with Crippen LogP contribution in [0.25, 0.3) is 11.1 Å². The predicted octanol–water partition coefficient (Wildman–Crippen LogP) is 5.22. The summed E-state index contributed by atoms with van der Waals surface area (Å²) in [7, 11) is 3.66. The molecule has 4 aromatic rings. The van der Waals surface area contributed by atoms with Gasteiger partial charge in [0.25, 0.3) is 17.4 Å². The molecule has 0 atom stereocenters. The van der Waals surface area contributed by atoms with E-state index in [1.165, 1.54) is 44.7 Å². The van der Waals surface area contributed by atoms with Crippen molar-refractivity contribution in [2.75, 3.05) is 43.9 Å². The third-order valence-electron chi connectivity index (χ3n) is 8.40. The molecule has 1 aliphatic heterocycles. The molecule has 1 aliphatic carbocycles. The van der Waals surface area contributed by atoms with Crippen LogP contribution in [0.1, 0.15) is 48.9 Å². The third kappa shape index (κ3) is 6.15. The number of pyridine rings is 2. The highest BCUT2D eigenvalue weighted by Gasteiger charge is 2.22. The summed E-state index contributed by atoms with van der Waals surface area (Å²) in [5.41, 5.74) is 3.86. The van der Waals surface area contributed by atoms with Gasteiger partial charge in [-0.3, -0.25) is 14.4 Å². The second-order valence-corrected chi connectivity index (χ2v) is 12.7. The quantitative estimate of drug-likeness (QED) is 0.309. The van der Waals surface area contributed by atoms with Gasteiger partial charge < -0.3 is 25.0 Å². The van der Waals surface area contributed by atoms with Gasteiger partial charge in [0, 0.05) is 61.7 Å². The molecule has 3 aromatic heterocycles. The molecular weight excluding hydrogens is 579 g/mol. The zero-order valence-electron chi connectivity index (χ0n) is 25.1. The Kier molecular flexibility index (Phi) is 8.33. The lowest BCUT2D eigenvalue weighted by Gasteiger charge is -2.32. The smallest absolute Gasteiger partial charge is 0.274 e. The van der Waals surface area contributed by atoms with Crippen molar-refractivity contribution < 1.29 is 14.0 Å². The molecule has 0 bridgehead atoms. The number of amides is 2. The molecular formula is C33H35FN6O3S. The van der Waals surface area contributed by atoms with E-state index in [4.69, 9.17) is 0 Å². The van der Waals surface area contributed by atoms with E-state index >= 15 is 0 Å². The van der Waals surface area contributed by atoms with Crippen LogP contribution in [-0.2, 0) is 19.9 Å². The highest BCUT2D eigenvalue weighted by molar-refractivity contribution is 7.14. The van der Waals surface area contributed by atoms with Crippen molar-refractivity contribution in [3.05, 3.63) is 91.4 Å². The number of halogens is 1. The molecule has 4 heterocycles. The molecule has 1 saturated heterocycles. The van der Waals surface area contributed by atoms with E-state index in [0.29, 0.717) is 51.7 Å². The largest absolute Gasteiger partial charge is 0.336 e. The van der Waals surface area contributed by atoms with Crippen LogP contribution >= 0.6 is 11.3 Å². The molecule has 9 nitrogen and oxygen atoms in total. The van der Waals surface area contributed by atoms with Crippen LogP contribution in [0.5, 0.6) is 0 Å². The normalized spacial score (nSPS) is 15.1. The minimum atomic E-state index is -0.503. The summed E-state index contributed by atoms with van der Waals surface area (Å²) < 4.78 is 16.4. The van der Waals surface area contributed by atoms with E-state index in [9.17, 15) is 18.8 Å². The minimum absolute atomic E-state index is 0.0711. The number of likely N-dealkylation sites (N-methyl/N-ethyl adjacent to an activating group) is 1. The average molecular weight is 615 g/mol. The van der Waals surface area contributed by atoms with Crippen LogP contribution in [0.2, 0.25) is 0 Å². The molecule has 2 amide bonds. The first-order valence-electron chi connectivity index (χ1n) is 14.8. The molecule has 2 aliphatic rings. The zero-order valence-corrected chi connectivity index (χ0v) is 25.9. The van der Waals surface area contributed by atoms with Crippen LogP contribution in [0.4, 0.5) is 21.6 Å². The maximum Gasteiger partial charge on any atom is 0.274 e. The molecule has 44 heavy (non-hydrogen) atoms. The number of fused-ring (bicyclic) bond motifs is 1. The summed E-state index contributed by atoms with van der Waals surface area (Å²) in [6.45, 7) is 4.80. The van der Waals surface area contributed by atoms with E-state index in [1.54, 1.807) is 31.4 Å². The van der Waals surface area contributed by atoms with Crippen LogP contribution < -0.4 is 16.2 Å². The fraction of sp³-hybridized carbons (Fsp3) is 0.333. The lowest BCUT2D eigenvalue weighted by molar-refractivity contribution is 0.0663. The topological polar surface area (TPSA) is 99.6 Å². The summed E-state index contributed by atoms with van der Waals surface area (Å²) in [6, 6.07) is 9.68. The molecule has 11 heteroatoms. The SMILES string of the molecule is Cc1c(NC(=O)c2cc3c(s2)CCCC3)cc(F)cc1-c1cc(Nc2ccc(C(=O)N3CCN(C)CC3)cn2)c(=O)n(C)c1. The maximum atomic E-state index is 14.9. The highest BCUT2D eigenvalue weighted by atomic mass is 32.1. The second-order valence-electron chi connectivity index (χ2n) is 11.6. The first kappa shape index (κ1) is 29.7. The van der Waals surface area contributed by atoms with Gasteiger partial charge >= 0.3 is 0 Å². The Morgan fingerprint density at radius 1 is 0.977 bits per heavy atom. The summed E-state index contributed by atoms with van der Waals surface area (Å²) in [6.07, 6.45) is 7.39. The Labute approximate surface area is 259 Å². The van der Waals surface area contributed by atoms with Gasteiger partial charge in [-0.2, -0.15) is 0 Å². The molecule has 228 valence electrons. The summed E-state index contributed by atoms with van der Waals surface area (Å²) in [5, 5.41) is 5.97. The zero-order chi connectivity index (χ0) is 31.0. The van der Waals surface area contributed by atoms with Crippen molar-refractivity contribution in [1.82, 2.24) is 19.4 Å². The Morgan fingerprint density at radius 3 is 2.48 bits per heavy atom. The van der Waals surface area contributed by atoms with Crippen molar-refractivity contribution in [1.29, 1.82) is 0 Å². The Hall–Kier alpha value is -4.35. The van der Waals surface area contributed by atoms with Gasteiger partial charge in [-0.25, -0.2) is 9.37 Å². The number of aromatic nitrogens is 2. The second kappa shape index (κ2) is 12.3. The number of rotatable bonds is 6. The standard InChI is InChI=1S/C33H35FN6O3S/c1-20-25(16-24(34)17-26(20)37-31(41)29-15-21-6-4-5-7-28(21)44-29)23-14-27(33(43)39(3)19-23)36-30-9-8-22(18-35-30)32(42)40-12-10-38(2)11-13-40/h8-9,14-19H,4-7,10-13H2,1-3H3,(H,35,36)(H,37,41). The third-order valence-corrected chi connectivity index (χ3v) is 9.63. The monoisotopic (exact) mass is 614 g/mol. The maximum absolute atomic E-state index is 14.9. The fourth-order valence-electron chi connectivity index (χ4n) is 5.77. The summed E-state index contributed by atoms with van der Waals surface area (Å²) in [5.74, 6) is -0.431. The summed E-state index contributed by atoms with van der Waals surface area (Å²) in [4.78, 5) is 49.4. The first-order valence-corrected chi connectivity index (χ1v) is 15.6. The van der Waals surface area contributed by atoms with Gasteiger partial charge in [-0.05, 0) is 92.7 Å². The molecule has 0 radical (unpaired) electrons. The minimum Gasteiger partial charge on any atom is -0.336 e. The number of hydrogen-bond donors (Lipinski definition) is 2. The van der Waals surface area contributed by atoms with Crippen LogP contribution in [-0.4, -0.2) is 64.4 Å². The Bertz CT molecular complexity index is 1770. The number of hydrogen-bond acceptors (Lipinski definition) is 7. The van der Waals surface area contributed by atoms with Gasteiger partial charge in [0.15, 0.2) is 0 Å². The number of nitrogens with zero attached hydrogens (tertiary/aromatic N) is 4. The number of anilines is 3. The lowest BCUT2D eigenvalue weighted by atomic mass is 9.99. The van der Waals surface area contributed by atoms with Crippen LogP contribution in [0.15, 0.2) is 53.6 Å². The van der Waals surface area contributed by atoms with Gasteiger partial charge in [0.05, 0.1) is 10.4 Å². The highest BCUT2D eigenvalue weighted by Crippen LogP contribution is 2.33. The lowest BCUT2D eigenvalue weighted by Crippen LogP contribution is -2.47. The van der Waals surface area contributed by atoms with Crippen molar-refractivity contribution in [3.63, 3.8) is 0 Å². The van der Waals surface area contributed by atoms with Crippen molar-refractivity contribution >= 4 is 40.3 Å². The van der Waals surface area contributed by atoms with Gasteiger partial charge in [0.2, 0.25) is 0 Å². The van der Waals surface area contributed by atoms with Crippen molar-refractivity contribution in [2.24, 2.45) is 7.05 Å². The molecule has 2 N–H and O–H groups in total. The Morgan fingerprint density at radius 2 is 1.75 bits per heavy atom. The number of piperazine rings is 1. The number of thiophene rings is 1. The molecule has 1 fully saturated rings. The molecule has 6 rings (SSSR count). The van der Waals surface area contributed by atoms with Crippen molar-refractivity contribution in [3.8, 4) is 11.1 Å². The van der Waals surface area contributed by atoms with Gasteiger partial charge in [0.1, 0.15) is 17.3 Å². The van der Waals surface area contributed by atoms with E-state index in [2.05, 4.69) is 20.5 Å².